The first-order valence-electron chi connectivity index (χ1n) is 7.83. The van der Waals surface area contributed by atoms with E-state index < -0.39 is 6.23 Å². The zero-order valence-electron chi connectivity index (χ0n) is 13.0. The largest absolute Gasteiger partial charge is 0.353 e. The Morgan fingerprint density at radius 1 is 1.30 bits per heavy atom. The fourth-order valence-corrected chi connectivity index (χ4v) is 3.20. The Morgan fingerprint density at radius 2 is 1.96 bits per heavy atom. The number of benzene rings is 1. The molecule has 1 aliphatic heterocycles. The summed E-state index contributed by atoms with van der Waals surface area (Å²) in [5, 5.41) is 4.76. The van der Waals surface area contributed by atoms with Gasteiger partial charge in [0.25, 0.3) is 0 Å². The molecular formula is C16H20ClN3O3. The van der Waals surface area contributed by atoms with E-state index in [0.717, 1.165) is 30.7 Å². The molecule has 1 unspecified atom stereocenters. The summed E-state index contributed by atoms with van der Waals surface area (Å²) in [7, 11) is 1.54. The highest BCUT2D eigenvalue weighted by Gasteiger charge is 2.39. The van der Waals surface area contributed by atoms with Gasteiger partial charge in [0.2, 0.25) is 5.91 Å². The SMILES string of the molecule is CN1OC(CC(=O)NC2CCCC2)N(c2ccc(Cl)cc2)C1=O. The molecule has 7 heteroatoms. The third-order valence-corrected chi connectivity index (χ3v) is 4.48. The van der Waals surface area contributed by atoms with Crippen LogP contribution in [0.5, 0.6) is 0 Å². The van der Waals surface area contributed by atoms with E-state index in [1.54, 1.807) is 31.3 Å². The second-order valence-corrected chi connectivity index (χ2v) is 6.38. The van der Waals surface area contributed by atoms with Gasteiger partial charge in [0, 0.05) is 23.8 Å². The molecular weight excluding hydrogens is 318 g/mol. The number of halogens is 1. The van der Waals surface area contributed by atoms with Crippen molar-refractivity contribution in [2.45, 2.75) is 44.4 Å². The minimum absolute atomic E-state index is 0.0936. The topological polar surface area (TPSA) is 61.9 Å². The number of amides is 3. The van der Waals surface area contributed by atoms with Gasteiger partial charge >= 0.3 is 6.03 Å². The molecule has 1 saturated carbocycles. The van der Waals surface area contributed by atoms with E-state index in [-0.39, 0.29) is 24.4 Å². The summed E-state index contributed by atoms with van der Waals surface area (Å²) >= 11 is 5.89. The predicted octanol–water partition coefficient (Wildman–Crippen LogP) is 2.92. The Bertz CT molecular complexity index is 587. The van der Waals surface area contributed by atoms with Crippen LogP contribution in [0.1, 0.15) is 32.1 Å². The molecule has 0 radical (unpaired) electrons. The van der Waals surface area contributed by atoms with Crippen LogP contribution in [-0.2, 0) is 9.63 Å². The van der Waals surface area contributed by atoms with Gasteiger partial charge in [-0.05, 0) is 37.1 Å². The van der Waals surface area contributed by atoms with Crippen LogP contribution in [0.25, 0.3) is 0 Å². The van der Waals surface area contributed by atoms with Crippen LogP contribution in [0, 0.1) is 0 Å². The summed E-state index contributed by atoms with van der Waals surface area (Å²) in [6, 6.07) is 6.85. The maximum absolute atomic E-state index is 12.3. The van der Waals surface area contributed by atoms with Crippen molar-refractivity contribution in [2.75, 3.05) is 11.9 Å². The fraction of sp³-hybridized carbons (Fsp3) is 0.500. The van der Waals surface area contributed by atoms with Crippen molar-refractivity contribution in [1.82, 2.24) is 10.4 Å². The van der Waals surface area contributed by atoms with Crippen LogP contribution >= 0.6 is 11.6 Å². The Balaban J connectivity index is 1.69. The number of anilines is 1. The average Bonchev–Trinajstić information content (AvgIpc) is 3.10. The minimum Gasteiger partial charge on any atom is -0.353 e. The summed E-state index contributed by atoms with van der Waals surface area (Å²) < 4.78 is 0. The quantitative estimate of drug-likeness (QED) is 0.918. The van der Waals surface area contributed by atoms with E-state index in [0.29, 0.717) is 10.7 Å². The second kappa shape index (κ2) is 6.76. The highest BCUT2D eigenvalue weighted by atomic mass is 35.5. The van der Waals surface area contributed by atoms with E-state index in [1.165, 1.54) is 4.90 Å². The van der Waals surface area contributed by atoms with Crippen LogP contribution < -0.4 is 10.2 Å². The number of hydrogen-bond acceptors (Lipinski definition) is 3. The first kappa shape index (κ1) is 16.1. The Labute approximate surface area is 140 Å². The van der Waals surface area contributed by atoms with Gasteiger partial charge in [-0.25, -0.2) is 14.7 Å². The number of rotatable bonds is 4. The number of nitrogens with zero attached hydrogens (tertiary/aromatic N) is 2. The van der Waals surface area contributed by atoms with Gasteiger partial charge in [0.15, 0.2) is 6.23 Å². The van der Waals surface area contributed by atoms with Crippen LogP contribution in [0.15, 0.2) is 24.3 Å². The maximum atomic E-state index is 12.3. The van der Waals surface area contributed by atoms with Crippen molar-refractivity contribution in [2.24, 2.45) is 0 Å². The molecule has 3 rings (SSSR count). The third-order valence-electron chi connectivity index (χ3n) is 4.23. The number of hydrogen-bond donors (Lipinski definition) is 1. The maximum Gasteiger partial charge on any atom is 0.350 e. The zero-order chi connectivity index (χ0) is 16.4. The van der Waals surface area contributed by atoms with Gasteiger partial charge in [0.05, 0.1) is 6.42 Å². The average molecular weight is 338 g/mol. The van der Waals surface area contributed by atoms with Gasteiger partial charge in [-0.3, -0.25) is 9.69 Å². The lowest BCUT2D eigenvalue weighted by Crippen LogP contribution is -2.40. The van der Waals surface area contributed by atoms with Gasteiger partial charge < -0.3 is 5.32 Å². The van der Waals surface area contributed by atoms with Crippen LogP contribution in [0.3, 0.4) is 0 Å². The number of carbonyl (C=O) groups is 2. The summed E-state index contributed by atoms with van der Waals surface area (Å²) in [4.78, 5) is 31.5. The van der Waals surface area contributed by atoms with Crippen molar-refractivity contribution in [1.29, 1.82) is 0 Å². The minimum atomic E-state index is -0.643. The standard InChI is InChI=1S/C16H20ClN3O3/c1-19-16(22)20(13-8-6-11(17)7-9-13)15(23-19)10-14(21)18-12-4-2-3-5-12/h6-9,12,15H,2-5,10H2,1H3,(H,18,21). The normalized spacial score (nSPS) is 22.0. The molecule has 0 spiro atoms. The molecule has 124 valence electrons. The molecule has 1 N–H and O–H groups in total. The first-order valence-corrected chi connectivity index (χ1v) is 8.21. The number of carbonyl (C=O) groups excluding carboxylic acids is 2. The monoisotopic (exact) mass is 337 g/mol. The van der Waals surface area contributed by atoms with Crippen molar-refractivity contribution in [3.8, 4) is 0 Å². The highest BCUT2D eigenvalue weighted by molar-refractivity contribution is 6.30. The van der Waals surface area contributed by atoms with Crippen molar-refractivity contribution >= 4 is 29.2 Å². The summed E-state index contributed by atoms with van der Waals surface area (Å²) in [5.41, 5.74) is 0.655. The van der Waals surface area contributed by atoms with E-state index in [2.05, 4.69) is 5.32 Å². The molecule has 1 aliphatic carbocycles. The lowest BCUT2D eigenvalue weighted by atomic mass is 10.2. The van der Waals surface area contributed by atoms with E-state index >= 15 is 0 Å². The number of urea groups is 1. The predicted molar refractivity (Wildman–Crippen MR) is 87.0 cm³/mol. The van der Waals surface area contributed by atoms with Crippen LogP contribution in [0.2, 0.25) is 5.02 Å². The zero-order valence-corrected chi connectivity index (χ0v) is 13.8. The van der Waals surface area contributed by atoms with Gasteiger partial charge in [-0.2, -0.15) is 0 Å². The molecule has 0 bridgehead atoms. The van der Waals surface area contributed by atoms with E-state index in [1.807, 2.05) is 0 Å². The molecule has 23 heavy (non-hydrogen) atoms. The lowest BCUT2D eigenvalue weighted by molar-refractivity contribution is -0.133. The van der Waals surface area contributed by atoms with Gasteiger partial charge in [-0.1, -0.05) is 24.4 Å². The lowest BCUT2D eigenvalue weighted by Gasteiger charge is -2.21. The Kier molecular flexibility index (Phi) is 4.73. The van der Waals surface area contributed by atoms with Crippen LogP contribution in [0.4, 0.5) is 10.5 Å². The summed E-state index contributed by atoms with van der Waals surface area (Å²) in [5.74, 6) is -0.0936. The van der Waals surface area contributed by atoms with Crippen molar-refractivity contribution in [3.63, 3.8) is 0 Å². The number of nitrogens with one attached hydrogen (secondary N) is 1. The molecule has 3 amide bonds. The summed E-state index contributed by atoms with van der Waals surface area (Å²) in [6.45, 7) is 0. The first-order chi connectivity index (χ1) is 11.0. The molecule has 1 atom stereocenters. The third kappa shape index (κ3) is 3.59. The molecule has 1 heterocycles. The molecule has 1 aromatic rings. The van der Waals surface area contributed by atoms with Crippen LogP contribution in [-0.4, -0.2) is 36.3 Å². The van der Waals surface area contributed by atoms with Gasteiger partial charge in [-0.15, -0.1) is 0 Å². The summed E-state index contributed by atoms with van der Waals surface area (Å²) in [6.07, 6.45) is 3.82. The van der Waals surface area contributed by atoms with Crippen molar-refractivity contribution < 1.29 is 14.4 Å². The second-order valence-electron chi connectivity index (χ2n) is 5.94. The molecule has 2 fully saturated rings. The molecule has 2 aliphatic rings. The van der Waals surface area contributed by atoms with Crippen molar-refractivity contribution in [3.05, 3.63) is 29.3 Å². The molecule has 6 nitrogen and oxygen atoms in total. The smallest absolute Gasteiger partial charge is 0.350 e. The molecule has 1 saturated heterocycles. The van der Waals surface area contributed by atoms with E-state index in [4.69, 9.17) is 16.4 Å². The number of hydroxylamine groups is 2. The molecule has 1 aromatic carbocycles. The Hall–Kier alpha value is -1.79. The fourth-order valence-electron chi connectivity index (χ4n) is 3.07. The highest BCUT2D eigenvalue weighted by Crippen LogP contribution is 2.28. The Morgan fingerprint density at radius 3 is 2.61 bits per heavy atom. The van der Waals surface area contributed by atoms with E-state index in [9.17, 15) is 9.59 Å². The van der Waals surface area contributed by atoms with Gasteiger partial charge in [0.1, 0.15) is 0 Å². The molecule has 0 aromatic heterocycles.